The number of rotatable bonds is 0. The Morgan fingerprint density at radius 2 is 1.22 bits per heavy atom. The van der Waals surface area contributed by atoms with Crippen molar-refractivity contribution in [2.45, 2.75) is 59.3 Å². The van der Waals surface area contributed by atoms with Crippen LogP contribution in [0.1, 0.15) is 58.2 Å². The standard InChI is InChI=1S/C15H24O.BrH.Mg/c1-10-8-9-11(16)13(15(5,6)7)12(10)14(2,3)4;;/h8-9,16H,1-7H3;1H;/q;;+2/p-2. The van der Waals surface area contributed by atoms with E-state index in [2.05, 4.69) is 48.5 Å². The SMILES string of the molecule is Cc1ccc([O-])c(C(C)(C)C)c1C(C)(C)C.[Br-].[Mg+2]. The van der Waals surface area contributed by atoms with Crippen LogP contribution < -0.4 is 22.1 Å². The Bertz CT molecular complexity index is 361. The molecule has 0 N–H and O–H groups in total. The summed E-state index contributed by atoms with van der Waals surface area (Å²) in [4.78, 5) is 0. The van der Waals surface area contributed by atoms with E-state index in [9.17, 15) is 5.11 Å². The average Bonchev–Trinajstić information content (AvgIpc) is 2.04. The van der Waals surface area contributed by atoms with Crippen LogP contribution in [0.5, 0.6) is 5.75 Å². The maximum Gasteiger partial charge on any atom is 2.00 e. The monoisotopic (exact) mass is 322 g/mol. The molecule has 0 heterocycles. The van der Waals surface area contributed by atoms with E-state index in [1.165, 1.54) is 11.1 Å². The van der Waals surface area contributed by atoms with Crippen LogP contribution >= 0.6 is 0 Å². The molecule has 0 aromatic heterocycles. The van der Waals surface area contributed by atoms with Gasteiger partial charge in [-0.2, -0.15) is 0 Å². The van der Waals surface area contributed by atoms with Crippen molar-refractivity contribution in [3.63, 3.8) is 0 Å². The molecule has 0 bridgehead atoms. The van der Waals surface area contributed by atoms with Crippen molar-refractivity contribution in [2.24, 2.45) is 0 Å². The van der Waals surface area contributed by atoms with Crippen LogP contribution in [0, 0.1) is 6.92 Å². The van der Waals surface area contributed by atoms with Crippen molar-refractivity contribution >= 4 is 23.1 Å². The van der Waals surface area contributed by atoms with E-state index >= 15 is 0 Å². The second-order valence-corrected chi connectivity index (χ2v) is 6.63. The third kappa shape index (κ3) is 4.43. The van der Waals surface area contributed by atoms with Crippen LogP contribution in [0.15, 0.2) is 12.1 Å². The molecule has 0 amide bonds. The van der Waals surface area contributed by atoms with Crippen LogP contribution in [-0.4, -0.2) is 23.1 Å². The average molecular weight is 324 g/mol. The Morgan fingerprint density at radius 3 is 1.50 bits per heavy atom. The van der Waals surface area contributed by atoms with E-state index in [0.717, 1.165) is 5.56 Å². The van der Waals surface area contributed by atoms with E-state index < -0.39 is 0 Å². The first-order valence-electron chi connectivity index (χ1n) is 5.86. The van der Waals surface area contributed by atoms with Gasteiger partial charge in [0.2, 0.25) is 0 Å². The van der Waals surface area contributed by atoms with Gasteiger partial charge in [-0.25, -0.2) is 0 Å². The van der Waals surface area contributed by atoms with Gasteiger partial charge in [0.05, 0.1) is 0 Å². The first-order valence-corrected chi connectivity index (χ1v) is 5.86. The third-order valence-corrected chi connectivity index (χ3v) is 2.88. The summed E-state index contributed by atoms with van der Waals surface area (Å²) >= 11 is 0. The van der Waals surface area contributed by atoms with E-state index in [-0.39, 0.29) is 56.6 Å². The Kier molecular flexibility index (Phi) is 7.57. The van der Waals surface area contributed by atoms with Crippen LogP contribution in [0.4, 0.5) is 0 Å². The van der Waals surface area contributed by atoms with Crippen molar-refractivity contribution in [3.05, 3.63) is 28.8 Å². The largest absolute Gasteiger partial charge is 2.00 e. The van der Waals surface area contributed by atoms with Crippen LogP contribution in [0.25, 0.3) is 0 Å². The molecule has 1 rings (SSSR count). The number of aryl methyl sites for hydroxylation is 1. The quantitative estimate of drug-likeness (QED) is 0.629. The van der Waals surface area contributed by atoms with Crippen LogP contribution in [-0.2, 0) is 10.8 Å². The predicted octanol–water partition coefficient (Wildman–Crippen LogP) is 0.287. The Balaban J connectivity index is 0. The van der Waals surface area contributed by atoms with E-state index in [4.69, 9.17) is 0 Å². The van der Waals surface area contributed by atoms with Gasteiger partial charge in [-0.05, 0) is 34.4 Å². The summed E-state index contributed by atoms with van der Waals surface area (Å²) in [6.45, 7) is 14.9. The summed E-state index contributed by atoms with van der Waals surface area (Å²) in [6.07, 6.45) is 0. The Morgan fingerprint density at radius 1 is 0.833 bits per heavy atom. The van der Waals surface area contributed by atoms with Gasteiger partial charge >= 0.3 is 23.1 Å². The van der Waals surface area contributed by atoms with Crippen LogP contribution in [0.3, 0.4) is 0 Å². The minimum absolute atomic E-state index is 0. The number of halogens is 1. The summed E-state index contributed by atoms with van der Waals surface area (Å²) in [5.74, 6) is 0.169. The van der Waals surface area contributed by atoms with E-state index in [1.807, 2.05) is 6.07 Å². The summed E-state index contributed by atoms with van der Waals surface area (Å²) < 4.78 is 0. The summed E-state index contributed by atoms with van der Waals surface area (Å²) in [7, 11) is 0. The van der Waals surface area contributed by atoms with Crippen molar-refractivity contribution in [3.8, 4) is 5.75 Å². The molecule has 0 atom stereocenters. The molecule has 0 saturated heterocycles. The molecule has 1 nitrogen and oxygen atoms in total. The van der Waals surface area contributed by atoms with Crippen LogP contribution in [0.2, 0.25) is 0 Å². The second kappa shape index (κ2) is 6.62. The fourth-order valence-electron chi connectivity index (χ4n) is 2.40. The molecule has 0 fully saturated rings. The zero-order valence-corrected chi connectivity index (χ0v) is 15.6. The minimum atomic E-state index is -0.0916. The normalized spacial score (nSPS) is 11.5. The van der Waals surface area contributed by atoms with Gasteiger partial charge in [-0.1, -0.05) is 53.7 Å². The number of hydrogen-bond donors (Lipinski definition) is 0. The van der Waals surface area contributed by atoms with Gasteiger partial charge in [0.15, 0.2) is 0 Å². The summed E-state index contributed by atoms with van der Waals surface area (Å²) in [5.41, 5.74) is 3.34. The number of hydrogen-bond acceptors (Lipinski definition) is 1. The first kappa shape index (κ1) is 20.6. The topological polar surface area (TPSA) is 23.1 Å². The van der Waals surface area contributed by atoms with Crippen molar-refractivity contribution in [1.29, 1.82) is 0 Å². The zero-order valence-electron chi connectivity index (χ0n) is 12.6. The molecule has 0 unspecified atom stereocenters. The van der Waals surface area contributed by atoms with Gasteiger partial charge in [0.25, 0.3) is 0 Å². The molecule has 18 heavy (non-hydrogen) atoms. The van der Waals surface area contributed by atoms with Crippen molar-refractivity contribution < 1.29 is 22.1 Å². The zero-order chi connectivity index (χ0) is 12.7. The van der Waals surface area contributed by atoms with Gasteiger partial charge < -0.3 is 22.1 Å². The van der Waals surface area contributed by atoms with Gasteiger partial charge in [-0.3, -0.25) is 0 Å². The maximum absolute atomic E-state index is 12.1. The van der Waals surface area contributed by atoms with Crippen molar-refractivity contribution in [2.75, 3.05) is 0 Å². The van der Waals surface area contributed by atoms with Gasteiger partial charge in [-0.15, -0.1) is 5.75 Å². The van der Waals surface area contributed by atoms with Crippen molar-refractivity contribution in [1.82, 2.24) is 0 Å². The molecule has 0 saturated carbocycles. The first-order chi connectivity index (χ1) is 7.05. The molecule has 0 aliphatic heterocycles. The van der Waals surface area contributed by atoms with E-state index in [0.29, 0.717) is 0 Å². The molecule has 0 aliphatic carbocycles. The maximum atomic E-state index is 12.1. The smallest absolute Gasteiger partial charge is 1.00 e. The van der Waals surface area contributed by atoms with Gasteiger partial charge in [0, 0.05) is 0 Å². The minimum Gasteiger partial charge on any atom is -1.00 e. The fourth-order valence-corrected chi connectivity index (χ4v) is 2.40. The fraction of sp³-hybridized carbons (Fsp3) is 0.600. The van der Waals surface area contributed by atoms with E-state index in [1.54, 1.807) is 6.07 Å². The molecular weight excluding hydrogens is 300 g/mol. The third-order valence-electron chi connectivity index (χ3n) is 2.88. The molecular formula is C15H23BrMgO. The summed E-state index contributed by atoms with van der Waals surface area (Å²) in [5, 5.41) is 12.1. The molecule has 0 radical (unpaired) electrons. The molecule has 0 spiro atoms. The molecule has 1 aromatic rings. The Hall–Kier alpha value is 0.266. The molecule has 98 valence electrons. The second-order valence-electron chi connectivity index (χ2n) is 6.63. The Labute approximate surface area is 138 Å². The predicted molar refractivity (Wildman–Crippen MR) is 73.8 cm³/mol. The molecule has 3 heteroatoms. The summed E-state index contributed by atoms with van der Waals surface area (Å²) in [6, 6.07) is 3.64. The molecule has 0 aliphatic rings. The number of benzene rings is 1. The molecule has 1 aromatic carbocycles. The van der Waals surface area contributed by atoms with Gasteiger partial charge in [0.1, 0.15) is 0 Å².